The van der Waals surface area contributed by atoms with Crippen LogP contribution in [-0.2, 0) is 9.53 Å². The van der Waals surface area contributed by atoms with Gasteiger partial charge in [-0.15, -0.1) is 0 Å². The predicted molar refractivity (Wildman–Crippen MR) is 80.7 cm³/mol. The minimum Gasteiger partial charge on any atom is -0.490 e. The molecule has 0 aliphatic carbocycles. The second-order valence-electron chi connectivity index (χ2n) is 4.80. The number of carbonyl (C=O) groups is 1. The van der Waals surface area contributed by atoms with Gasteiger partial charge in [-0.1, -0.05) is 32.6 Å². The first kappa shape index (κ1) is 16.3. The lowest BCUT2D eigenvalue weighted by atomic mass is 10.1. The lowest BCUT2D eigenvalue weighted by molar-refractivity contribution is -0.144. The Bertz CT molecular complexity index is 376. The highest BCUT2D eigenvalue weighted by atomic mass is 16.6. The summed E-state index contributed by atoms with van der Waals surface area (Å²) in [7, 11) is 0. The van der Waals surface area contributed by atoms with Crippen LogP contribution >= 0.6 is 0 Å². The molecule has 1 rings (SSSR count). The molecule has 2 N–H and O–H groups in total. The van der Waals surface area contributed by atoms with E-state index in [1.165, 1.54) is 19.3 Å². The summed E-state index contributed by atoms with van der Waals surface area (Å²) in [5, 5.41) is 0. The van der Waals surface area contributed by atoms with Gasteiger partial charge in [0.05, 0.1) is 0 Å². The Morgan fingerprint density at radius 2 is 1.75 bits per heavy atom. The van der Waals surface area contributed by atoms with Crippen molar-refractivity contribution in [2.45, 2.75) is 45.4 Å². The summed E-state index contributed by atoms with van der Waals surface area (Å²) < 4.78 is 10.5. The minimum atomic E-state index is -0.137. The van der Waals surface area contributed by atoms with Gasteiger partial charge in [-0.05, 0) is 30.7 Å². The average Bonchev–Trinajstić information content (AvgIpc) is 2.45. The number of ether oxygens (including phenoxy) is 2. The van der Waals surface area contributed by atoms with E-state index >= 15 is 0 Å². The minimum absolute atomic E-state index is 0.137. The predicted octanol–water partition coefficient (Wildman–Crippen LogP) is 3.55. The molecule has 112 valence electrons. The van der Waals surface area contributed by atoms with Crippen molar-refractivity contribution < 1.29 is 14.3 Å². The van der Waals surface area contributed by atoms with E-state index in [4.69, 9.17) is 15.2 Å². The molecule has 0 fully saturated rings. The Morgan fingerprint density at radius 3 is 2.45 bits per heavy atom. The van der Waals surface area contributed by atoms with Crippen molar-refractivity contribution >= 4 is 11.7 Å². The number of unbranched alkanes of at least 4 members (excludes halogenated alkanes) is 4. The van der Waals surface area contributed by atoms with E-state index in [-0.39, 0.29) is 12.6 Å². The van der Waals surface area contributed by atoms with Crippen molar-refractivity contribution in [3.63, 3.8) is 0 Å². The van der Waals surface area contributed by atoms with E-state index in [9.17, 15) is 4.79 Å². The van der Waals surface area contributed by atoms with E-state index in [0.29, 0.717) is 18.7 Å². The molecule has 4 heteroatoms. The van der Waals surface area contributed by atoms with Gasteiger partial charge in [0.1, 0.15) is 19.0 Å². The second-order valence-corrected chi connectivity index (χ2v) is 4.80. The first-order valence-electron chi connectivity index (χ1n) is 7.36. The molecule has 20 heavy (non-hydrogen) atoms. The Labute approximate surface area is 121 Å². The van der Waals surface area contributed by atoms with Gasteiger partial charge in [0.2, 0.25) is 0 Å². The van der Waals surface area contributed by atoms with Crippen LogP contribution in [0.25, 0.3) is 0 Å². The molecule has 4 nitrogen and oxygen atoms in total. The fourth-order valence-corrected chi connectivity index (χ4v) is 1.82. The largest absolute Gasteiger partial charge is 0.490 e. The van der Waals surface area contributed by atoms with Gasteiger partial charge >= 0.3 is 5.97 Å². The molecular weight excluding hydrogens is 254 g/mol. The average molecular weight is 279 g/mol. The SMILES string of the molecule is CCCCCCCC(=O)OCCOc1ccc(N)cc1. The van der Waals surface area contributed by atoms with Gasteiger partial charge in [-0.2, -0.15) is 0 Å². The molecule has 0 spiro atoms. The fourth-order valence-electron chi connectivity index (χ4n) is 1.82. The summed E-state index contributed by atoms with van der Waals surface area (Å²) in [4.78, 5) is 11.4. The van der Waals surface area contributed by atoms with Gasteiger partial charge in [-0.25, -0.2) is 0 Å². The molecule has 0 atom stereocenters. The topological polar surface area (TPSA) is 61.5 Å². The Kier molecular flexibility index (Phi) is 8.27. The van der Waals surface area contributed by atoms with Gasteiger partial charge in [-0.3, -0.25) is 4.79 Å². The van der Waals surface area contributed by atoms with Crippen LogP contribution in [-0.4, -0.2) is 19.2 Å². The molecule has 0 saturated carbocycles. The van der Waals surface area contributed by atoms with Crippen molar-refractivity contribution in [2.24, 2.45) is 0 Å². The van der Waals surface area contributed by atoms with E-state index < -0.39 is 0 Å². The molecule has 0 bridgehead atoms. The van der Waals surface area contributed by atoms with Crippen LogP contribution in [0.2, 0.25) is 0 Å². The monoisotopic (exact) mass is 279 g/mol. The Hall–Kier alpha value is -1.71. The number of nitrogen functional groups attached to an aromatic ring is 1. The third-order valence-corrected chi connectivity index (χ3v) is 2.98. The summed E-state index contributed by atoms with van der Waals surface area (Å²) in [5.41, 5.74) is 6.27. The fraction of sp³-hybridized carbons (Fsp3) is 0.562. The maximum absolute atomic E-state index is 11.4. The van der Waals surface area contributed by atoms with E-state index in [1.54, 1.807) is 24.3 Å². The highest BCUT2D eigenvalue weighted by molar-refractivity contribution is 5.69. The van der Waals surface area contributed by atoms with Crippen LogP contribution in [0, 0.1) is 0 Å². The second kappa shape index (κ2) is 10.1. The summed E-state index contributed by atoms with van der Waals surface area (Å²) in [6, 6.07) is 7.14. The molecule has 0 aliphatic heterocycles. The summed E-state index contributed by atoms with van der Waals surface area (Å²) in [6.45, 7) is 2.83. The Balaban J connectivity index is 2.00. The summed E-state index contributed by atoms with van der Waals surface area (Å²) >= 11 is 0. The first-order valence-corrected chi connectivity index (χ1v) is 7.36. The number of anilines is 1. The molecule has 0 amide bonds. The molecule has 0 unspecified atom stereocenters. The van der Waals surface area contributed by atoms with Crippen LogP contribution in [0.15, 0.2) is 24.3 Å². The zero-order valence-corrected chi connectivity index (χ0v) is 12.3. The highest BCUT2D eigenvalue weighted by Crippen LogP contribution is 2.12. The molecule has 0 radical (unpaired) electrons. The zero-order chi connectivity index (χ0) is 14.6. The summed E-state index contributed by atoms with van der Waals surface area (Å²) in [6.07, 6.45) is 6.18. The molecule has 0 saturated heterocycles. The van der Waals surface area contributed by atoms with Gasteiger partial charge in [0.15, 0.2) is 0 Å². The number of rotatable bonds is 10. The van der Waals surface area contributed by atoms with E-state index in [0.717, 1.165) is 18.6 Å². The first-order chi connectivity index (χ1) is 9.72. The Morgan fingerprint density at radius 1 is 1.05 bits per heavy atom. The summed E-state index contributed by atoms with van der Waals surface area (Å²) in [5.74, 6) is 0.595. The quantitative estimate of drug-likeness (QED) is 0.404. The van der Waals surface area contributed by atoms with E-state index in [2.05, 4.69) is 6.92 Å². The van der Waals surface area contributed by atoms with Crippen molar-refractivity contribution in [2.75, 3.05) is 18.9 Å². The molecule has 0 heterocycles. The maximum atomic E-state index is 11.4. The maximum Gasteiger partial charge on any atom is 0.305 e. The van der Waals surface area contributed by atoms with Crippen LogP contribution in [0.4, 0.5) is 5.69 Å². The van der Waals surface area contributed by atoms with Crippen LogP contribution < -0.4 is 10.5 Å². The normalized spacial score (nSPS) is 10.2. The lowest BCUT2D eigenvalue weighted by Crippen LogP contribution is -2.12. The highest BCUT2D eigenvalue weighted by Gasteiger charge is 2.02. The van der Waals surface area contributed by atoms with Gasteiger partial charge < -0.3 is 15.2 Å². The third kappa shape index (κ3) is 7.67. The molecule has 0 aromatic heterocycles. The van der Waals surface area contributed by atoms with Crippen molar-refractivity contribution in [1.82, 2.24) is 0 Å². The smallest absolute Gasteiger partial charge is 0.305 e. The van der Waals surface area contributed by atoms with Gasteiger partial charge in [0.25, 0.3) is 0 Å². The molecular formula is C16H25NO3. The van der Waals surface area contributed by atoms with E-state index in [1.807, 2.05) is 0 Å². The number of benzene rings is 1. The number of hydrogen-bond acceptors (Lipinski definition) is 4. The third-order valence-electron chi connectivity index (χ3n) is 2.98. The lowest BCUT2D eigenvalue weighted by Gasteiger charge is -2.07. The zero-order valence-electron chi connectivity index (χ0n) is 12.3. The number of carbonyl (C=O) groups excluding carboxylic acids is 1. The number of nitrogens with two attached hydrogens (primary N) is 1. The van der Waals surface area contributed by atoms with Crippen molar-refractivity contribution in [1.29, 1.82) is 0 Å². The molecule has 1 aromatic rings. The van der Waals surface area contributed by atoms with Crippen molar-refractivity contribution in [3.8, 4) is 5.75 Å². The van der Waals surface area contributed by atoms with Crippen LogP contribution in [0.5, 0.6) is 5.75 Å². The number of esters is 1. The molecule has 1 aromatic carbocycles. The standard InChI is InChI=1S/C16H25NO3/c1-2-3-4-5-6-7-16(18)20-13-12-19-15-10-8-14(17)9-11-15/h8-11H,2-7,12-13,17H2,1H3. The molecule has 0 aliphatic rings. The van der Waals surface area contributed by atoms with Crippen LogP contribution in [0.3, 0.4) is 0 Å². The number of hydrogen-bond donors (Lipinski definition) is 1. The van der Waals surface area contributed by atoms with Crippen LogP contribution in [0.1, 0.15) is 45.4 Å². The van der Waals surface area contributed by atoms with Crippen molar-refractivity contribution in [3.05, 3.63) is 24.3 Å². The van der Waals surface area contributed by atoms with Gasteiger partial charge in [0, 0.05) is 12.1 Å².